The van der Waals surface area contributed by atoms with Crippen LogP contribution >= 0.6 is 22.9 Å². The Balaban J connectivity index is 1.54. The van der Waals surface area contributed by atoms with E-state index in [0.717, 1.165) is 11.3 Å². The largest absolute Gasteiger partial charge is 0.444 e. The van der Waals surface area contributed by atoms with E-state index in [9.17, 15) is 14.4 Å². The van der Waals surface area contributed by atoms with Gasteiger partial charge in [-0.25, -0.2) is 4.79 Å². The first-order chi connectivity index (χ1) is 12.9. The van der Waals surface area contributed by atoms with Gasteiger partial charge < -0.3 is 9.53 Å². The van der Waals surface area contributed by atoms with E-state index in [-0.39, 0.29) is 17.7 Å². The van der Waals surface area contributed by atoms with Crippen LogP contribution in [0.1, 0.15) is 41.4 Å². The van der Waals surface area contributed by atoms with E-state index in [4.69, 9.17) is 16.3 Å². The van der Waals surface area contributed by atoms with Crippen molar-refractivity contribution in [1.29, 1.82) is 0 Å². The molecule has 0 N–H and O–H groups in total. The number of ether oxygens (including phenoxy) is 1. The molecule has 0 radical (unpaired) electrons. The molecule has 1 saturated heterocycles. The molecule has 5 nitrogen and oxygen atoms in total. The Bertz CT molecular complexity index is 846. The van der Waals surface area contributed by atoms with Crippen molar-refractivity contribution in [2.45, 2.75) is 38.7 Å². The molecule has 0 bridgehead atoms. The topological polar surface area (TPSA) is 63.7 Å². The minimum Gasteiger partial charge on any atom is -0.444 e. The standard InChI is InChI=1S/C20H20ClNO4S/c1-13(23)2-3-14-4-6-15(7-5-14)22-12-16(26-20(22)25)8-9-17(24)18-10-11-19(21)27-18/h4-7,10-11,16H,2-3,8-9,12H2,1H3. The zero-order valence-corrected chi connectivity index (χ0v) is 16.5. The van der Waals surface area contributed by atoms with Crippen LogP contribution in [0.15, 0.2) is 36.4 Å². The molecule has 1 aliphatic heterocycles. The van der Waals surface area contributed by atoms with E-state index in [1.807, 2.05) is 24.3 Å². The maximum Gasteiger partial charge on any atom is 0.414 e. The summed E-state index contributed by atoms with van der Waals surface area (Å²) in [5, 5.41) is 0. The van der Waals surface area contributed by atoms with Crippen molar-refractivity contribution < 1.29 is 19.1 Å². The van der Waals surface area contributed by atoms with E-state index in [0.29, 0.717) is 41.4 Å². The number of cyclic esters (lactones) is 1. The molecule has 0 aliphatic carbocycles. The number of ketones is 2. The zero-order chi connectivity index (χ0) is 19.4. The van der Waals surface area contributed by atoms with Crippen LogP contribution in [0.2, 0.25) is 4.34 Å². The van der Waals surface area contributed by atoms with Crippen molar-refractivity contribution >= 4 is 46.3 Å². The summed E-state index contributed by atoms with van der Waals surface area (Å²) in [7, 11) is 0. The van der Waals surface area contributed by atoms with Gasteiger partial charge in [0.25, 0.3) is 0 Å². The molecule has 0 spiro atoms. The fourth-order valence-corrected chi connectivity index (χ4v) is 3.94. The molecule has 1 atom stereocenters. The minimum absolute atomic E-state index is 0.0104. The van der Waals surface area contributed by atoms with Gasteiger partial charge in [0, 0.05) is 18.5 Å². The first-order valence-corrected chi connectivity index (χ1v) is 9.97. The smallest absolute Gasteiger partial charge is 0.414 e. The van der Waals surface area contributed by atoms with Crippen molar-refractivity contribution in [3.05, 3.63) is 51.2 Å². The lowest BCUT2D eigenvalue weighted by Crippen LogP contribution is -2.24. The number of halogens is 1. The van der Waals surface area contributed by atoms with Crippen LogP contribution in [0.5, 0.6) is 0 Å². The fraction of sp³-hybridized carbons (Fsp3) is 0.350. The lowest BCUT2D eigenvalue weighted by molar-refractivity contribution is -0.116. The average molecular weight is 406 g/mol. The summed E-state index contributed by atoms with van der Waals surface area (Å²) in [4.78, 5) is 37.6. The number of anilines is 1. The van der Waals surface area contributed by atoms with Crippen LogP contribution in [-0.2, 0) is 16.0 Å². The molecule has 0 saturated carbocycles. The molecule has 1 unspecified atom stereocenters. The molecule has 2 aromatic rings. The molecule has 7 heteroatoms. The summed E-state index contributed by atoms with van der Waals surface area (Å²) in [6.45, 7) is 2.00. The van der Waals surface area contributed by atoms with Crippen LogP contribution in [0.3, 0.4) is 0 Å². The maximum absolute atomic E-state index is 12.2. The third-order valence-electron chi connectivity index (χ3n) is 4.43. The van der Waals surface area contributed by atoms with Crippen LogP contribution in [0, 0.1) is 0 Å². The second kappa shape index (κ2) is 8.67. The molecule has 27 heavy (non-hydrogen) atoms. The van der Waals surface area contributed by atoms with E-state index < -0.39 is 6.09 Å². The highest BCUT2D eigenvalue weighted by Gasteiger charge is 2.32. The number of carbonyl (C=O) groups excluding carboxylic acids is 3. The predicted octanol–water partition coefficient (Wildman–Crippen LogP) is 4.91. The van der Waals surface area contributed by atoms with Crippen molar-refractivity contribution in [1.82, 2.24) is 0 Å². The number of nitrogens with zero attached hydrogens (tertiary/aromatic N) is 1. The SMILES string of the molecule is CC(=O)CCc1ccc(N2CC(CCC(=O)c3ccc(Cl)s3)OC2=O)cc1. The quantitative estimate of drug-likeness (QED) is 0.585. The van der Waals surface area contributed by atoms with Gasteiger partial charge in [0.05, 0.1) is 15.8 Å². The van der Waals surface area contributed by atoms with Crippen LogP contribution in [0.25, 0.3) is 0 Å². The van der Waals surface area contributed by atoms with Gasteiger partial charge in [-0.2, -0.15) is 0 Å². The second-order valence-corrected chi connectivity index (χ2v) is 8.27. The van der Waals surface area contributed by atoms with Gasteiger partial charge in [-0.1, -0.05) is 23.7 Å². The highest BCUT2D eigenvalue weighted by atomic mass is 35.5. The van der Waals surface area contributed by atoms with Crippen molar-refractivity contribution in [2.75, 3.05) is 11.4 Å². The molecule has 1 fully saturated rings. The second-order valence-electron chi connectivity index (χ2n) is 6.55. The molecule has 1 aliphatic rings. The summed E-state index contributed by atoms with van der Waals surface area (Å²) >= 11 is 7.12. The minimum atomic E-state index is -0.400. The van der Waals surface area contributed by atoms with Crippen molar-refractivity contribution in [2.24, 2.45) is 0 Å². The van der Waals surface area contributed by atoms with E-state index in [2.05, 4.69) is 0 Å². The van der Waals surface area contributed by atoms with Gasteiger partial charge in [0.2, 0.25) is 0 Å². The first kappa shape index (κ1) is 19.6. The molecule has 1 aromatic heterocycles. The van der Waals surface area contributed by atoms with Crippen molar-refractivity contribution in [3.8, 4) is 0 Å². The molecule has 1 amide bonds. The number of Topliss-reactive ketones (excluding diaryl/α,β-unsaturated/α-hetero) is 2. The Kier molecular flexibility index (Phi) is 6.29. The lowest BCUT2D eigenvalue weighted by atomic mass is 10.1. The van der Waals surface area contributed by atoms with Gasteiger partial charge >= 0.3 is 6.09 Å². The third-order valence-corrected chi connectivity index (χ3v) is 5.70. The van der Waals surface area contributed by atoms with E-state index in [1.54, 1.807) is 24.0 Å². The molecular formula is C20H20ClNO4S. The molecule has 142 valence electrons. The third kappa shape index (κ3) is 5.17. The molecule has 1 aromatic carbocycles. The monoisotopic (exact) mass is 405 g/mol. The Labute approximate surface area is 166 Å². The number of aryl methyl sites for hydroxylation is 1. The number of hydrogen-bond acceptors (Lipinski definition) is 5. The van der Waals surface area contributed by atoms with Crippen LogP contribution in [-0.4, -0.2) is 30.3 Å². The molecular weight excluding hydrogens is 386 g/mol. The summed E-state index contributed by atoms with van der Waals surface area (Å²) < 4.78 is 5.98. The van der Waals surface area contributed by atoms with Gasteiger partial charge in [0.1, 0.15) is 11.9 Å². The zero-order valence-electron chi connectivity index (χ0n) is 14.9. The van der Waals surface area contributed by atoms with E-state index >= 15 is 0 Å². The number of thiophene rings is 1. The predicted molar refractivity (Wildman–Crippen MR) is 106 cm³/mol. The van der Waals surface area contributed by atoms with Gasteiger partial charge in [-0.3, -0.25) is 9.69 Å². The lowest BCUT2D eigenvalue weighted by Gasteiger charge is -2.13. The number of hydrogen-bond donors (Lipinski definition) is 0. The Hall–Kier alpha value is -2.18. The van der Waals surface area contributed by atoms with Crippen LogP contribution in [0.4, 0.5) is 10.5 Å². The molecule has 3 rings (SSSR count). The normalized spacial score (nSPS) is 16.4. The summed E-state index contributed by atoms with van der Waals surface area (Å²) in [6.07, 6.45) is 1.28. The Morgan fingerprint density at radius 2 is 1.93 bits per heavy atom. The highest BCUT2D eigenvalue weighted by Crippen LogP contribution is 2.26. The Morgan fingerprint density at radius 3 is 2.56 bits per heavy atom. The van der Waals surface area contributed by atoms with E-state index in [1.165, 1.54) is 11.3 Å². The van der Waals surface area contributed by atoms with Gasteiger partial charge in [-0.15, -0.1) is 11.3 Å². The molecule has 2 heterocycles. The number of carbonyl (C=O) groups is 3. The highest BCUT2D eigenvalue weighted by molar-refractivity contribution is 7.18. The number of benzene rings is 1. The van der Waals surface area contributed by atoms with Crippen LogP contribution < -0.4 is 4.90 Å². The maximum atomic E-state index is 12.2. The first-order valence-electron chi connectivity index (χ1n) is 8.77. The van der Waals surface area contributed by atoms with Gasteiger partial charge in [-0.05, 0) is 49.6 Å². The summed E-state index contributed by atoms with van der Waals surface area (Å²) in [5.41, 5.74) is 1.81. The average Bonchev–Trinajstić information content (AvgIpc) is 3.24. The summed E-state index contributed by atoms with van der Waals surface area (Å²) in [6, 6.07) is 11.0. The number of rotatable bonds is 8. The fourth-order valence-electron chi connectivity index (χ4n) is 2.93. The van der Waals surface area contributed by atoms with Gasteiger partial charge in [0.15, 0.2) is 5.78 Å². The Morgan fingerprint density at radius 1 is 1.19 bits per heavy atom. The summed E-state index contributed by atoms with van der Waals surface area (Å²) in [5.74, 6) is 0.167. The number of amides is 1. The van der Waals surface area contributed by atoms with Crippen molar-refractivity contribution in [3.63, 3.8) is 0 Å².